The minimum absolute atomic E-state index is 0.00290. The van der Waals surface area contributed by atoms with Crippen LogP contribution >= 0.6 is 11.6 Å². The third-order valence-electron chi connectivity index (χ3n) is 3.21. The van der Waals surface area contributed by atoms with Gasteiger partial charge in [-0.15, -0.1) is 0 Å². The molecule has 0 spiro atoms. The van der Waals surface area contributed by atoms with E-state index in [1.807, 2.05) is 31.2 Å². The van der Waals surface area contributed by atoms with Crippen molar-refractivity contribution in [1.82, 2.24) is 4.90 Å². The molecular weight excluding hydrogens is 290 g/mol. The van der Waals surface area contributed by atoms with E-state index >= 15 is 0 Å². The summed E-state index contributed by atoms with van der Waals surface area (Å²) in [7, 11) is 0. The van der Waals surface area contributed by atoms with E-state index in [9.17, 15) is 9.59 Å². The fourth-order valence-corrected chi connectivity index (χ4v) is 2.24. The fourth-order valence-electron chi connectivity index (χ4n) is 2.11. The molecule has 0 saturated heterocycles. The van der Waals surface area contributed by atoms with Gasteiger partial charge in [0, 0.05) is 24.5 Å². The predicted octanol–water partition coefficient (Wildman–Crippen LogP) is 3.38. The maximum absolute atomic E-state index is 12.1. The average Bonchev–Trinajstić information content (AvgIpc) is 2.45. The maximum Gasteiger partial charge on any atom is 0.305 e. The Bertz CT molecular complexity index is 459. The van der Waals surface area contributed by atoms with Crippen molar-refractivity contribution in [3.05, 3.63) is 34.9 Å². The number of aryl methyl sites for hydroxylation is 1. The lowest BCUT2D eigenvalue weighted by atomic mass is 10.1. The molecule has 0 fully saturated rings. The number of halogens is 1. The first-order chi connectivity index (χ1) is 10.0. The second kappa shape index (κ2) is 9.40. The summed E-state index contributed by atoms with van der Waals surface area (Å²) >= 11 is 5.82. The van der Waals surface area contributed by atoms with Crippen molar-refractivity contribution in [2.24, 2.45) is 0 Å². The van der Waals surface area contributed by atoms with E-state index in [-0.39, 0.29) is 12.3 Å². The largest absolute Gasteiger partial charge is 0.481 e. The Morgan fingerprint density at radius 1 is 1.14 bits per heavy atom. The zero-order chi connectivity index (χ0) is 15.7. The fraction of sp³-hybridized carbons (Fsp3) is 0.500. The van der Waals surface area contributed by atoms with E-state index in [0.717, 1.165) is 24.8 Å². The van der Waals surface area contributed by atoms with Crippen molar-refractivity contribution in [2.75, 3.05) is 13.1 Å². The van der Waals surface area contributed by atoms with Gasteiger partial charge in [-0.05, 0) is 37.0 Å². The molecule has 0 aliphatic heterocycles. The standard InChI is InChI=1S/C16H22ClNO3/c1-2-11-18(12-10-16(20)21)15(19)5-3-4-13-6-8-14(17)9-7-13/h6-9H,2-5,10-12H2,1H3,(H,20,21). The minimum Gasteiger partial charge on any atom is -0.481 e. The molecule has 0 bridgehead atoms. The Labute approximate surface area is 130 Å². The second-order valence-corrected chi connectivity index (χ2v) is 5.44. The molecule has 1 aromatic carbocycles. The molecule has 1 amide bonds. The third kappa shape index (κ3) is 7.14. The molecule has 0 unspecified atom stereocenters. The van der Waals surface area contributed by atoms with Crippen LogP contribution in [0.25, 0.3) is 0 Å². The van der Waals surface area contributed by atoms with Gasteiger partial charge in [0.05, 0.1) is 6.42 Å². The summed E-state index contributed by atoms with van der Waals surface area (Å²) in [6.07, 6.45) is 2.86. The highest BCUT2D eigenvalue weighted by Crippen LogP contribution is 2.12. The summed E-state index contributed by atoms with van der Waals surface area (Å²) in [5, 5.41) is 9.42. The predicted molar refractivity (Wildman–Crippen MR) is 83.5 cm³/mol. The first-order valence-electron chi connectivity index (χ1n) is 7.27. The number of nitrogens with zero attached hydrogens (tertiary/aromatic N) is 1. The lowest BCUT2D eigenvalue weighted by Crippen LogP contribution is -2.33. The number of hydrogen-bond donors (Lipinski definition) is 1. The minimum atomic E-state index is -0.870. The van der Waals surface area contributed by atoms with Crippen LogP contribution in [0.3, 0.4) is 0 Å². The number of carboxylic acid groups (broad SMARTS) is 1. The summed E-state index contributed by atoms with van der Waals surface area (Å²) < 4.78 is 0. The molecule has 5 heteroatoms. The molecule has 4 nitrogen and oxygen atoms in total. The number of benzene rings is 1. The van der Waals surface area contributed by atoms with E-state index in [1.54, 1.807) is 4.90 Å². The summed E-state index contributed by atoms with van der Waals surface area (Å²) in [6.45, 7) is 2.89. The Morgan fingerprint density at radius 2 is 1.81 bits per heavy atom. The average molecular weight is 312 g/mol. The monoisotopic (exact) mass is 311 g/mol. The summed E-state index contributed by atoms with van der Waals surface area (Å²) in [6, 6.07) is 7.60. The highest BCUT2D eigenvalue weighted by molar-refractivity contribution is 6.30. The Balaban J connectivity index is 2.38. The van der Waals surface area contributed by atoms with Crippen molar-refractivity contribution in [1.29, 1.82) is 0 Å². The van der Waals surface area contributed by atoms with Crippen LogP contribution in [0.2, 0.25) is 5.02 Å². The molecule has 116 valence electrons. The number of aliphatic carboxylic acids is 1. The molecule has 0 heterocycles. The van der Waals surface area contributed by atoms with Crippen LogP contribution in [0.5, 0.6) is 0 Å². The van der Waals surface area contributed by atoms with E-state index < -0.39 is 5.97 Å². The summed E-state index contributed by atoms with van der Waals surface area (Å²) in [5.41, 5.74) is 1.15. The molecule has 0 aromatic heterocycles. The lowest BCUT2D eigenvalue weighted by molar-refractivity contribution is -0.138. The zero-order valence-corrected chi connectivity index (χ0v) is 13.1. The van der Waals surface area contributed by atoms with Gasteiger partial charge in [-0.25, -0.2) is 0 Å². The van der Waals surface area contributed by atoms with Crippen LogP contribution in [0, 0.1) is 0 Å². The zero-order valence-electron chi connectivity index (χ0n) is 12.3. The molecule has 1 rings (SSSR count). The highest BCUT2D eigenvalue weighted by atomic mass is 35.5. The molecule has 0 aliphatic rings. The van der Waals surface area contributed by atoms with Gasteiger partial charge in [0.2, 0.25) is 5.91 Å². The van der Waals surface area contributed by atoms with E-state index in [1.165, 1.54) is 0 Å². The summed E-state index contributed by atoms with van der Waals surface area (Å²) in [4.78, 5) is 24.4. The Hall–Kier alpha value is -1.55. The molecule has 21 heavy (non-hydrogen) atoms. The van der Waals surface area contributed by atoms with Crippen LogP contribution in [-0.2, 0) is 16.0 Å². The van der Waals surface area contributed by atoms with Gasteiger partial charge in [-0.3, -0.25) is 9.59 Å². The van der Waals surface area contributed by atoms with Gasteiger partial charge in [-0.2, -0.15) is 0 Å². The quantitative estimate of drug-likeness (QED) is 0.760. The topological polar surface area (TPSA) is 57.6 Å². The van der Waals surface area contributed by atoms with Crippen molar-refractivity contribution in [2.45, 2.75) is 39.0 Å². The molecular formula is C16H22ClNO3. The molecule has 0 saturated carbocycles. The van der Waals surface area contributed by atoms with Gasteiger partial charge in [0.15, 0.2) is 0 Å². The van der Waals surface area contributed by atoms with Gasteiger partial charge in [0.25, 0.3) is 0 Å². The number of amides is 1. The highest BCUT2D eigenvalue weighted by Gasteiger charge is 2.13. The molecule has 0 radical (unpaired) electrons. The maximum atomic E-state index is 12.1. The first-order valence-corrected chi connectivity index (χ1v) is 7.64. The van der Waals surface area contributed by atoms with Gasteiger partial charge in [-0.1, -0.05) is 30.7 Å². The second-order valence-electron chi connectivity index (χ2n) is 5.00. The number of carbonyl (C=O) groups excluding carboxylic acids is 1. The normalized spacial score (nSPS) is 10.4. The van der Waals surface area contributed by atoms with E-state index in [4.69, 9.17) is 16.7 Å². The number of carboxylic acids is 1. The van der Waals surface area contributed by atoms with Gasteiger partial charge >= 0.3 is 5.97 Å². The van der Waals surface area contributed by atoms with Crippen molar-refractivity contribution < 1.29 is 14.7 Å². The van der Waals surface area contributed by atoms with Gasteiger partial charge in [0.1, 0.15) is 0 Å². The van der Waals surface area contributed by atoms with Crippen LogP contribution in [0.15, 0.2) is 24.3 Å². The van der Waals surface area contributed by atoms with Crippen molar-refractivity contribution >= 4 is 23.5 Å². The molecule has 0 aliphatic carbocycles. The van der Waals surface area contributed by atoms with E-state index in [0.29, 0.717) is 24.5 Å². The molecule has 1 aromatic rings. The Morgan fingerprint density at radius 3 is 2.38 bits per heavy atom. The van der Waals surface area contributed by atoms with Crippen LogP contribution in [0.4, 0.5) is 0 Å². The smallest absolute Gasteiger partial charge is 0.305 e. The van der Waals surface area contributed by atoms with E-state index in [2.05, 4.69) is 0 Å². The van der Waals surface area contributed by atoms with Crippen molar-refractivity contribution in [3.8, 4) is 0 Å². The molecule has 0 atom stereocenters. The number of rotatable bonds is 9. The SMILES string of the molecule is CCCN(CCC(=O)O)C(=O)CCCc1ccc(Cl)cc1. The molecule has 1 N–H and O–H groups in total. The van der Waals surface area contributed by atoms with Crippen LogP contribution in [-0.4, -0.2) is 35.0 Å². The Kier molecular flexibility index (Phi) is 7.83. The first kappa shape index (κ1) is 17.5. The van der Waals surface area contributed by atoms with Gasteiger partial charge < -0.3 is 10.0 Å². The van der Waals surface area contributed by atoms with Crippen LogP contribution in [0.1, 0.15) is 38.2 Å². The lowest BCUT2D eigenvalue weighted by Gasteiger charge is -2.21. The van der Waals surface area contributed by atoms with Crippen LogP contribution < -0.4 is 0 Å². The number of hydrogen-bond acceptors (Lipinski definition) is 2. The van der Waals surface area contributed by atoms with Crippen molar-refractivity contribution in [3.63, 3.8) is 0 Å². The summed E-state index contributed by atoms with van der Waals surface area (Å²) in [5.74, 6) is -0.836. The third-order valence-corrected chi connectivity index (χ3v) is 3.46. The number of carbonyl (C=O) groups is 2.